The first-order chi connectivity index (χ1) is 12.8. The molecule has 5 nitrogen and oxygen atoms in total. The Labute approximate surface area is 157 Å². The van der Waals surface area contributed by atoms with Crippen molar-refractivity contribution < 1.29 is 18.0 Å². The van der Waals surface area contributed by atoms with Crippen molar-refractivity contribution in [1.29, 1.82) is 0 Å². The second-order valence-corrected chi connectivity index (χ2v) is 5.91. The number of nitrogens with zero attached hydrogens (tertiary/aromatic N) is 2. The number of carbonyl (C=O) groups excluding carboxylic acids is 1. The highest BCUT2D eigenvalue weighted by molar-refractivity contribution is 6.33. The lowest BCUT2D eigenvalue weighted by molar-refractivity contribution is 0.102. The van der Waals surface area contributed by atoms with Crippen LogP contribution in [0.25, 0.3) is 0 Å². The van der Waals surface area contributed by atoms with Crippen LogP contribution >= 0.6 is 11.6 Å². The van der Waals surface area contributed by atoms with Crippen LogP contribution in [0.1, 0.15) is 16.2 Å². The van der Waals surface area contributed by atoms with Crippen LogP contribution in [0.15, 0.2) is 42.5 Å². The van der Waals surface area contributed by atoms with E-state index in [1.54, 1.807) is 31.2 Å². The van der Waals surface area contributed by atoms with Gasteiger partial charge in [0.25, 0.3) is 5.91 Å². The molecule has 2 aromatic carbocycles. The molecule has 0 fully saturated rings. The van der Waals surface area contributed by atoms with Crippen molar-refractivity contribution in [2.45, 2.75) is 6.92 Å². The van der Waals surface area contributed by atoms with Crippen molar-refractivity contribution in [2.24, 2.45) is 0 Å². The van der Waals surface area contributed by atoms with Crippen LogP contribution in [0.5, 0.6) is 0 Å². The molecular weight excluding hydrogens is 381 g/mol. The maximum atomic E-state index is 13.7. The highest BCUT2D eigenvalue weighted by Gasteiger charge is 2.17. The zero-order valence-electron chi connectivity index (χ0n) is 13.9. The van der Waals surface area contributed by atoms with E-state index < -0.39 is 29.0 Å². The molecule has 0 aliphatic heterocycles. The number of hydrogen-bond donors (Lipinski definition) is 2. The highest BCUT2D eigenvalue weighted by atomic mass is 35.5. The Hall–Kier alpha value is -3.13. The zero-order chi connectivity index (χ0) is 19.6. The molecule has 0 radical (unpaired) electrons. The second-order valence-electron chi connectivity index (χ2n) is 5.50. The number of aryl methyl sites for hydroxylation is 1. The molecule has 0 bridgehead atoms. The van der Waals surface area contributed by atoms with E-state index in [-0.39, 0.29) is 11.6 Å². The molecule has 1 aromatic heterocycles. The first-order valence-electron chi connectivity index (χ1n) is 7.67. The van der Waals surface area contributed by atoms with Crippen LogP contribution in [0.3, 0.4) is 0 Å². The minimum atomic E-state index is -1.67. The standard InChI is InChI=1S/C18H12ClF3N4O/c1-9-8-14(17(27)24-13-7-6-11(20)15(21)16(13)22)26-18(23-9)25-12-5-3-2-4-10(12)19/h2-8H,1H3,(H,24,27)(H,23,25,26). The molecule has 0 spiro atoms. The number of nitrogens with one attached hydrogen (secondary N) is 2. The predicted molar refractivity (Wildman–Crippen MR) is 95.8 cm³/mol. The van der Waals surface area contributed by atoms with E-state index in [1.807, 2.05) is 0 Å². The molecule has 1 amide bonds. The molecule has 9 heteroatoms. The summed E-state index contributed by atoms with van der Waals surface area (Å²) in [6.45, 7) is 1.63. The van der Waals surface area contributed by atoms with Crippen LogP contribution < -0.4 is 10.6 Å². The van der Waals surface area contributed by atoms with Gasteiger partial charge in [0.05, 0.1) is 16.4 Å². The summed E-state index contributed by atoms with van der Waals surface area (Å²) >= 11 is 6.06. The number of halogens is 4. The lowest BCUT2D eigenvalue weighted by Gasteiger charge is -2.10. The maximum Gasteiger partial charge on any atom is 0.274 e. The minimum absolute atomic E-state index is 0.0961. The summed E-state index contributed by atoms with van der Waals surface area (Å²) in [5, 5.41) is 5.47. The lowest BCUT2D eigenvalue weighted by atomic mass is 10.2. The van der Waals surface area contributed by atoms with Crippen molar-refractivity contribution in [3.8, 4) is 0 Å². The summed E-state index contributed by atoms with van der Waals surface area (Å²) in [4.78, 5) is 20.6. The van der Waals surface area contributed by atoms with Crippen LogP contribution in [-0.4, -0.2) is 15.9 Å². The van der Waals surface area contributed by atoms with E-state index in [0.29, 0.717) is 22.5 Å². The van der Waals surface area contributed by atoms with Gasteiger partial charge in [0.2, 0.25) is 5.95 Å². The number of aromatic nitrogens is 2. The number of para-hydroxylation sites is 1. The van der Waals surface area contributed by atoms with Gasteiger partial charge in [-0.25, -0.2) is 23.1 Å². The third kappa shape index (κ3) is 4.17. The highest BCUT2D eigenvalue weighted by Crippen LogP contribution is 2.24. The average molecular weight is 393 g/mol. The fourth-order valence-corrected chi connectivity index (χ4v) is 2.42. The Morgan fingerprint density at radius 1 is 1.00 bits per heavy atom. The summed E-state index contributed by atoms with van der Waals surface area (Å²) in [5.41, 5.74) is 0.384. The molecule has 0 atom stereocenters. The molecule has 27 heavy (non-hydrogen) atoms. The van der Waals surface area contributed by atoms with Gasteiger partial charge in [-0.05, 0) is 37.3 Å². The molecule has 0 saturated carbocycles. The predicted octanol–water partition coefficient (Wildman–Crippen LogP) is 4.85. The van der Waals surface area contributed by atoms with Crippen LogP contribution in [0.4, 0.5) is 30.5 Å². The Kier molecular flexibility index (Phi) is 5.27. The van der Waals surface area contributed by atoms with Crippen molar-refractivity contribution >= 4 is 34.8 Å². The van der Waals surface area contributed by atoms with Crippen molar-refractivity contribution in [3.63, 3.8) is 0 Å². The van der Waals surface area contributed by atoms with E-state index >= 15 is 0 Å². The largest absolute Gasteiger partial charge is 0.323 e. The van der Waals surface area contributed by atoms with Gasteiger partial charge in [-0.1, -0.05) is 23.7 Å². The molecule has 2 N–H and O–H groups in total. The molecule has 0 unspecified atom stereocenters. The van der Waals surface area contributed by atoms with Crippen LogP contribution in [-0.2, 0) is 0 Å². The van der Waals surface area contributed by atoms with Crippen molar-refractivity contribution in [3.05, 3.63) is 76.3 Å². The van der Waals surface area contributed by atoms with Gasteiger partial charge >= 0.3 is 0 Å². The molecule has 3 rings (SSSR count). The Morgan fingerprint density at radius 2 is 1.74 bits per heavy atom. The quantitative estimate of drug-likeness (QED) is 0.623. The number of benzene rings is 2. The number of hydrogen-bond acceptors (Lipinski definition) is 4. The number of rotatable bonds is 4. The Morgan fingerprint density at radius 3 is 2.48 bits per heavy atom. The molecule has 1 heterocycles. The monoisotopic (exact) mass is 392 g/mol. The van der Waals surface area contributed by atoms with E-state index in [2.05, 4.69) is 20.6 Å². The maximum absolute atomic E-state index is 13.7. The smallest absolute Gasteiger partial charge is 0.274 e. The van der Waals surface area contributed by atoms with Crippen molar-refractivity contribution in [2.75, 3.05) is 10.6 Å². The molecule has 138 valence electrons. The molecule has 0 aliphatic carbocycles. The Balaban J connectivity index is 1.86. The van der Waals surface area contributed by atoms with Gasteiger partial charge in [0, 0.05) is 5.69 Å². The first kappa shape index (κ1) is 18.7. The molecule has 0 saturated heterocycles. The molecule has 3 aromatic rings. The summed E-state index contributed by atoms with van der Waals surface area (Å²) in [5.74, 6) is -5.24. The minimum Gasteiger partial charge on any atom is -0.323 e. The van der Waals surface area contributed by atoms with E-state index in [4.69, 9.17) is 11.6 Å². The third-order valence-electron chi connectivity index (χ3n) is 3.49. The van der Waals surface area contributed by atoms with E-state index in [1.165, 1.54) is 6.07 Å². The van der Waals surface area contributed by atoms with E-state index in [0.717, 1.165) is 6.07 Å². The number of amides is 1. The number of anilines is 3. The lowest BCUT2D eigenvalue weighted by Crippen LogP contribution is -2.17. The normalized spacial score (nSPS) is 10.6. The SMILES string of the molecule is Cc1cc(C(=O)Nc2ccc(F)c(F)c2F)nc(Nc2ccccc2Cl)n1. The fourth-order valence-electron chi connectivity index (χ4n) is 2.23. The van der Waals surface area contributed by atoms with Gasteiger partial charge in [-0.15, -0.1) is 0 Å². The Bertz CT molecular complexity index is 1030. The van der Waals surface area contributed by atoms with E-state index in [9.17, 15) is 18.0 Å². The third-order valence-corrected chi connectivity index (χ3v) is 3.82. The summed E-state index contributed by atoms with van der Waals surface area (Å²) in [6.07, 6.45) is 0. The summed E-state index contributed by atoms with van der Waals surface area (Å²) in [7, 11) is 0. The average Bonchev–Trinajstić information content (AvgIpc) is 2.63. The van der Waals surface area contributed by atoms with Gasteiger partial charge in [0.15, 0.2) is 17.5 Å². The topological polar surface area (TPSA) is 66.9 Å². The summed E-state index contributed by atoms with van der Waals surface area (Å²) in [6, 6.07) is 9.87. The molecule has 0 aliphatic rings. The van der Waals surface area contributed by atoms with Crippen molar-refractivity contribution in [1.82, 2.24) is 9.97 Å². The molecular formula is C18H12ClF3N4O. The van der Waals surface area contributed by atoms with Gasteiger partial charge < -0.3 is 10.6 Å². The van der Waals surface area contributed by atoms with Gasteiger partial charge in [0.1, 0.15) is 5.69 Å². The second kappa shape index (κ2) is 7.63. The van der Waals surface area contributed by atoms with Crippen LogP contribution in [0, 0.1) is 24.4 Å². The van der Waals surface area contributed by atoms with Gasteiger partial charge in [-0.2, -0.15) is 0 Å². The first-order valence-corrected chi connectivity index (χ1v) is 8.05. The summed E-state index contributed by atoms with van der Waals surface area (Å²) < 4.78 is 40.0. The fraction of sp³-hybridized carbons (Fsp3) is 0.0556. The van der Waals surface area contributed by atoms with Gasteiger partial charge in [-0.3, -0.25) is 4.79 Å². The van der Waals surface area contributed by atoms with Crippen LogP contribution in [0.2, 0.25) is 5.02 Å². The number of carbonyl (C=O) groups is 1. The zero-order valence-corrected chi connectivity index (χ0v) is 14.6.